The second-order valence-electron chi connectivity index (χ2n) is 5.12. The van der Waals surface area contributed by atoms with Crippen LogP contribution in [0.2, 0.25) is 0 Å². The van der Waals surface area contributed by atoms with Crippen LogP contribution in [-0.2, 0) is 4.79 Å². The van der Waals surface area contributed by atoms with Gasteiger partial charge in [0.25, 0.3) is 5.91 Å². The highest BCUT2D eigenvalue weighted by Gasteiger charge is 2.31. The molecule has 108 valence electrons. The van der Waals surface area contributed by atoms with Crippen LogP contribution >= 0.6 is 0 Å². The largest absolute Gasteiger partial charge is 0.396 e. The number of aliphatic hydroxyl groups excluding tert-OH is 1. The number of carbonyl (C=O) groups is 2. The molecule has 0 saturated carbocycles. The molecule has 5 heteroatoms. The summed E-state index contributed by atoms with van der Waals surface area (Å²) < 4.78 is 0. The van der Waals surface area contributed by atoms with Crippen LogP contribution in [0.25, 0.3) is 0 Å². The van der Waals surface area contributed by atoms with Gasteiger partial charge in [-0.05, 0) is 31.5 Å². The molecule has 1 atom stereocenters. The summed E-state index contributed by atoms with van der Waals surface area (Å²) in [6, 6.07) is 5.35. The zero-order valence-corrected chi connectivity index (χ0v) is 11.8. The molecule has 5 nitrogen and oxygen atoms in total. The van der Waals surface area contributed by atoms with E-state index < -0.39 is 0 Å². The molecule has 1 aromatic carbocycles. The molecule has 1 fully saturated rings. The van der Waals surface area contributed by atoms with E-state index in [1.165, 1.54) is 0 Å². The minimum absolute atomic E-state index is 0.000185. The normalized spacial score (nSPS) is 18.4. The lowest BCUT2D eigenvalue weighted by atomic mass is 10.1. The van der Waals surface area contributed by atoms with Crippen molar-refractivity contribution >= 4 is 17.5 Å². The van der Waals surface area contributed by atoms with E-state index in [0.29, 0.717) is 25.1 Å². The Labute approximate surface area is 118 Å². The van der Waals surface area contributed by atoms with Gasteiger partial charge in [-0.25, -0.2) is 0 Å². The maximum atomic E-state index is 12.0. The van der Waals surface area contributed by atoms with Crippen molar-refractivity contribution in [2.24, 2.45) is 5.92 Å². The van der Waals surface area contributed by atoms with E-state index >= 15 is 0 Å². The van der Waals surface area contributed by atoms with Gasteiger partial charge in [0.1, 0.15) is 0 Å². The highest BCUT2D eigenvalue weighted by atomic mass is 16.3. The van der Waals surface area contributed by atoms with Gasteiger partial charge in [0.15, 0.2) is 0 Å². The first-order chi connectivity index (χ1) is 9.56. The van der Waals surface area contributed by atoms with E-state index in [2.05, 4.69) is 5.32 Å². The van der Waals surface area contributed by atoms with E-state index in [9.17, 15) is 14.7 Å². The van der Waals surface area contributed by atoms with Gasteiger partial charge >= 0.3 is 0 Å². The van der Waals surface area contributed by atoms with Crippen molar-refractivity contribution in [2.75, 3.05) is 24.6 Å². The van der Waals surface area contributed by atoms with Crippen LogP contribution in [0.1, 0.15) is 29.3 Å². The fourth-order valence-corrected chi connectivity index (χ4v) is 2.44. The zero-order chi connectivity index (χ0) is 14.7. The third-order valence-corrected chi connectivity index (χ3v) is 3.56. The van der Waals surface area contributed by atoms with Crippen LogP contribution in [0, 0.1) is 12.8 Å². The summed E-state index contributed by atoms with van der Waals surface area (Å²) >= 11 is 0. The van der Waals surface area contributed by atoms with E-state index in [-0.39, 0.29) is 24.3 Å². The van der Waals surface area contributed by atoms with Crippen molar-refractivity contribution in [3.63, 3.8) is 0 Å². The lowest BCUT2D eigenvalue weighted by Crippen LogP contribution is -2.27. The predicted molar refractivity (Wildman–Crippen MR) is 76.7 cm³/mol. The summed E-state index contributed by atoms with van der Waals surface area (Å²) in [5.74, 6) is -0.158. The first-order valence-corrected chi connectivity index (χ1v) is 6.86. The van der Waals surface area contributed by atoms with Crippen LogP contribution in [-0.4, -0.2) is 36.6 Å². The average molecular weight is 276 g/mol. The number of aliphatic hydroxyl groups is 1. The Morgan fingerprint density at radius 3 is 2.85 bits per heavy atom. The summed E-state index contributed by atoms with van der Waals surface area (Å²) in [5.41, 5.74) is 2.26. The monoisotopic (exact) mass is 276 g/mol. The van der Waals surface area contributed by atoms with Crippen molar-refractivity contribution in [3.8, 4) is 0 Å². The fourth-order valence-electron chi connectivity index (χ4n) is 2.44. The second-order valence-corrected chi connectivity index (χ2v) is 5.12. The van der Waals surface area contributed by atoms with Gasteiger partial charge in [-0.1, -0.05) is 6.07 Å². The van der Waals surface area contributed by atoms with Gasteiger partial charge in [0.2, 0.25) is 5.91 Å². The summed E-state index contributed by atoms with van der Waals surface area (Å²) in [7, 11) is 0. The quantitative estimate of drug-likeness (QED) is 0.865. The third-order valence-electron chi connectivity index (χ3n) is 3.56. The molecule has 2 N–H and O–H groups in total. The van der Waals surface area contributed by atoms with Crippen LogP contribution < -0.4 is 10.2 Å². The molecule has 1 aliphatic heterocycles. The van der Waals surface area contributed by atoms with Crippen LogP contribution in [0.5, 0.6) is 0 Å². The van der Waals surface area contributed by atoms with Crippen molar-refractivity contribution in [2.45, 2.75) is 20.3 Å². The highest BCUT2D eigenvalue weighted by Crippen LogP contribution is 2.28. The Morgan fingerprint density at radius 1 is 1.50 bits per heavy atom. The SMILES string of the molecule is CCNC(=O)c1ccc(C)c(N2CC(CO)CC2=O)c1. The molecule has 1 heterocycles. The summed E-state index contributed by atoms with van der Waals surface area (Å²) in [4.78, 5) is 25.6. The van der Waals surface area contributed by atoms with Gasteiger partial charge in [-0.15, -0.1) is 0 Å². The van der Waals surface area contributed by atoms with Gasteiger partial charge in [-0.3, -0.25) is 9.59 Å². The highest BCUT2D eigenvalue weighted by molar-refractivity contribution is 5.99. The van der Waals surface area contributed by atoms with Crippen LogP contribution in [0.4, 0.5) is 5.69 Å². The lowest BCUT2D eigenvalue weighted by Gasteiger charge is -2.20. The molecule has 20 heavy (non-hydrogen) atoms. The summed E-state index contributed by atoms with van der Waals surface area (Å²) in [6.07, 6.45) is 0.362. The smallest absolute Gasteiger partial charge is 0.251 e. The number of amides is 2. The average Bonchev–Trinajstić information content (AvgIpc) is 2.81. The van der Waals surface area contributed by atoms with Crippen molar-refractivity contribution in [1.29, 1.82) is 0 Å². The molecular formula is C15H20N2O3. The van der Waals surface area contributed by atoms with E-state index in [4.69, 9.17) is 0 Å². The molecule has 0 aliphatic carbocycles. The van der Waals surface area contributed by atoms with E-state index in [0.717, 1.165) is 11.3 Å². The first-order valence-electron chi connectivity index (χ1n) is 6.86. The summed E-state index contributed by atoms with van der Waals surface area (Å²) in [5, 5.41) is 11.9. The Kier molecular flexibility index (Phi) is 4.39. The number of hydrogen-bond donors (Lipinski definition) is 2. The molecule has 1 aromatic rings. The molecule has 1 saturated heterocycles. The number of benzene rings is 1. The minimum atomic E-state index is -0.140. The Bertz CT molecular complexity index is 528. The lowest BCUT2D eigenvalue weighted by molar-refractivity contribution is -0.117. The number of anilines is 1. The van der Waals surface area contributed by atoms with Crippen molar-refractivity contribution < 1.29 is 14.7 Å². The topological polar surface area (TPSA) is 69.6 Å². The van der Waals surface area contributed by atoms with Crippen LogP contribution in [0.15, 0.2) is 18.2 Å². The fraction of sp³-hybridized carbons (Fsp3) is 0.467. The van der Waals surface area contributed by atoms with Crippen LogP contribution in [0.3, 0.4) is 0 Å². The molecule has 0 bridgehead atoms. The standard InChI is InChI=1S/C15H20N2O3/c1-3-16-15(20)12-5-4-10(2)13(7-12)17-8-11(9-18)6-14(17)19/h4-5,7,11,18H,3,6,8-9H2,1-2H3,(H,16,20). The van der Waals surface area contributed by atoms with E-state index in [1.54, 1.807) is 17.0 Å². The number of hydrogen-bond acceptors (Lipinski definition) is 3. The van der Waals surface area contributed by atoms with Crippen molar-refractivity contribution in [1.82, 2.24) is 5.32 Å². The third kappa shape index (κ3) is 2.82. The number of rotatable bonds is 4. The minimum Gasteiger partial charge on any atom is -0.396 e. The molecule has 1 aliphatic rings. The molecule has 2 amide bonds. The number of nitrogens with one attached hydrogen (secondary N) is 1. The Balaban J connectivity index is 2.29. The Morgan fingerprint density at radius 2 is 2.25 bits per heavy atom. The predicted octanol–water partition coefficient (Wildman–Crippen LogP) is 1.09. The first kappa shape index (κ1) is 14.5. The molecule has 0 spiro atoms. The van der Waals surface area contributed by atoms with Gasteiger partial charge in [-0.2, -0.15) is 0 Å². The number of aryl methyl sites for hydroxylation is 1. The second kappa shape index (κ2) is 6.05. The molecule has 0 radical (unpaired) electrons. The zero-order valence-electron chi connectivity index (χ0n) is 11.8. The number of carbonyl (C=O) groups excluding carboxylic acids is 2. The molecular weight excluding hydrogens is 256 g/mol. The summed E-state index contributed by atoms with van der Waals surface area (Å²) in [6.45, 7) is 4.86. The maximum Gasteiger partial charge on any atom is 0.251 e. The number of nitrogens with zero attached hydrogens (tertiary/aromatic N) is 1. The molecule has 0 aromatic heterocycles. The Hall–Kier alpha value is -1.88. The van der Waals surface area contributed by atoms with Gasteiger partial charge in [0.05, 0.1) is 0 Å². The molecule has 2 rings (SSSR count). The van der Waals surface area contributed by atoms with Crippen molar-refractivity contribution in [3.05, 3.63) is 29.3 Å². The molecule has 1 unspecified atom stereocenters. The van der Waals surface area contributed by atoms with Gasteiger partial charge in [0, 0.05) is 43.3 Å². The maximum absolute atomic E-state index is 12.0. The van der Waals surface area contributed by atoms with Gasteiger partial charge < -0.3 is 15.3 Å². The van der Waals surface area contributed by atoms with E-state index in [1.807, 2.05) is 19.9 Å².